The van der Waals surface area contributed by atoms with Crippen LogP contribution in [0, 0.1) is 0 Å². The van der Waals surface area contributed by atoms with Gasteiger partial charge in [0, 0.05) is 12.1 Å². The van der Waals surface area contributed by atoms with E-state index in [1.54, 1.807) is 43.3 Å². The fourth-order valence-electron chi connectivity index (χ4n) is 2.83. The maximum Gasteiger partial charge on any atom is 0.254 e. The molecule has 2 aromatic carbocycles. The van der Waals surface area contributed by atoms with Crippen LogP contribution in [0.15, 0.2) is 36.4 Å². The summed E-state index contributed by atoms with van der Waals surface area (Å²) in [4.78, 5) is 26.9. The van der Waals surface area contributed by atoms with Gasteiger partial charge in [0.2, 0.25) is 11.7 Å². The number of nitrogens with one attached hydrogen (secondary N) is 1. The second-order valence-electron chi connectivity index (χ2n) is 5.98. The maximum absolute atomic E-state index is 13.0. The molecule has 0 atom stereocenters. The Hall–Kier alpha value is -3.42. The second-order valence-corrected chi connectivity index (χ2v) is 5.98. The Morgan fingerprint density at radius 3 is 2.00 bits per heavy atom. The fraction of sp³-hybridized carbons (Fsp3) is 0.333. The number of hydrogen-bond acceptors (Lipinski definition) is 6. The summed E-state index contributed by atoms with van der Waals surface area (Å²) in [6.45, 7) is 2.02. The minimum atomic E-state index is -0.336. The largest absolute Gasteiger partial charge is 0.495 e. The first kappa shape index (κ1) is 21.9. The smallest absolute Gasteiger partial charge is 0.254 e. The van der Waals surface area contributed by atoms with Crippen LogP contribution in [0.25, 0.3) is 0 Å². The minimum Gasteiger partial charge on any atom is -0.495 e. The van der Waals surface area contributed by atoms with Crippen molar-refractivity contribution in [1.82, 2.24) is 4.90 Å². The summed E-state index contributed by atoms with van der Waals surface area (Å²) in [6, 6.07) is 10.2. The van der Waals surface area contributed by atoms with Crippen LogP contribution in [-0.2, 0) is 4.79 Å². The first-order valence-electron chi connectivity index (χ1n) is 9.01. The number of para-hydroxylation sites is 2. The Labute approximate surface area is 170 Å². The van der Waals surface area contributed by atoms with Gasteiger partial charge in [-0.05, 0) is 31.2 Å². The molecule has 2 aromatic rings. The zero-order chi connectivity index (χ0) is 21.4. The number of amides is 2. The van der Waals surface area contributed by atoms with Crippen LogP contribution in [0.4, 0.5) is 5.69 Å². The van der Waals surface area contributed by atoms with Gasteiger partial charge in [-0.3, -0.25) is 9.59 Å². The van der Waals surface area contributed by atoms with Gasteiger partial charge in [-0.15, -0.1) is 0 Å². The van der Waals surface area contributed by atoms with E-state index < -0.39 is 0 Å². The van der Waals surface area contributed by atoms with Crippen LogP contribution in [-0.4, -0.2) is 58.2 Å². The van der Waals surface area contributed by atoms with Gasteiger partial charge in [0.25, 0.3) is 5.91 Å². The molecule has 0 bridgehead atoms. The Bertz CT molecular complexity index is 843. The van der Waals surface area contributed by atoms with Crippen LogP contribution in [0.3, 0.4) is 0 Å². The van der Waals surface area contributed by atoms with E-state index >= 15 is 0 Å². The van der Waals surface area contributed by atoms with Gasteiger partial charge in [-0.2, -0.15) is 0 Å². The summed E-state index contributed by atoms with van der Waals surface area (Å²) in [5, 5.41) is 2.77. The summed E-state index contributed by atoms with van der Waals surface area (Å²) >= 11 is 0. The predicted octanol–water partition coefficient (Wildman–Crippen LogP) is 2.82. The Kier molecular flexibility index (Phi) is 7.70. The summed E-state index contributed by atoms with van der Waals surface area (Å²) in [7, 11) is 5.97. The first-order valence-corrected chi connectivity index (χ1v) is 9.01. The lowest BCUT2D eigenvalue weighted by Gasteiger charge is -2.22. The second kappa shape index (κ2) is 10.2. The molecule has 0 spiro atoms. The van der Waals surface area contributed by atoms with Gasteiger partial charge in [0.1, 0.15) is 12.3 Å². The van der Waals surface area contributed by atoms with Gasteiger partial charge in [-0.1, -0.05) is 12.1 Å². The molecule has 0 unspecified atom stereocenters. The van der Waals surface area contributed by atoms with E-state index in [1.165, 1.54) is 33.3 Å². The molecule has 0 radical (unpaired) electrons. The highest BCUT2D eigenvalue weighted by molar-refractivity contribution is 6.00. The molecule has 8 nitrogen and oxygen atoms in total. The van der Waals surface area contributed by atoms with Crippen LogP contribution in [0.2, 0.25) is 0 Å². The maximum atomic E-state index is 13.0. The zero-order valence-electron chi connectivity index (χ0n) is 17.3. The van der Waals surface area contributed by atoms with Gasteiger partial charge in [-0.25, -0.2) is 0 Å². The predicted molar refractivity (Wildman–Crippen MR) is 109 cm³/mol. The normalized spacial score (nSPS) is 10.1. The molecule has 29 heavy (non-hydrogen) atoms. The molecule has 0 aromatic heterocycles. The van der Waals surface area contributed by atoms with Crippen molar-refractivity contribution in [3.8, 4) is 23.0 Å². The molecule has 0 fully saturated rings. The van der Waals surface area contributed by atoms with Gasteiger partial charge in [0.05, 0.1) is 34.1 Å². The lowest BCUT2D eigenvalue weighted by molar-refractivity contribution is -0.116. The summed E-state index contributed by atoms with van der Waals surface area (Å²) < 4.78 is 21.1. The number of nitrogens with zero attached hydrogens (tertiary/aromatic N) is 1. The highest BCUT2D eigenvalue weighted by Crippen LogP contribution is 2.38. The number of carbonyl (C=O) groups excluding carboxylic acids is 2. The van der Waals surface area contributed by atoms with Gasteiger partial charge >= 0.3 is 0 Å². The van der Waals surface area contributed by atoms with Crippen molar-refractivity contribution in [2.24, 2.45) is 0 Å². The fourth-order valence-corrected chi connectivity index (χ4v) is 2.83. The van der Waals surface area contributed by atoms with Crippen molar-refractivity contribution >= 4 is 17.5 Å². The lowest BCUT2D eigenvalue weighted by Crippen LogP contribution is -2.38. The van der Waals surface area contributed by atoms with E-state index in [9.17, 15) is 9.59 Å². The third-order valence-corrected chi connectivity index (χ3v) is 4.30. The Morgan fingerprint density at radius 2 is 1.48 bits per heavy atom. The molecule has 156 valence electrons. The van der Waals surface area contributed by atoms with Crippen molar-refractivity contribution in [3.05, 3.63) is 42.0 Å². The van der Waals surface area contributed by atoms with E-state index in [1.807, 2.05) is 0 Å². The molecule has 0 heterocycles. The standard InChI is InChI=1S/C21H26N2O6/c1-6-23(13-19(24)22-15-9-7-8-10-16(15)26-2)21(25)14-11-17(27-3)20(29-5)18(12-14)28-4/h7-12H,6,13H2,1-5H3,(H,22,24). The first-order chi connectivity index (χ1) is 14.0. The molecule has 0 saturated carbocycles. The number of methoxy groups -OCH3 is 4. The van der Waals surface area contributed by atoms with E-state index in [-0.39, 0.29) is 18.4 Å². The SMILES string of the molecule is CCN(CC(=O)Nc1ccccc1OC)C(=O)c1cc(OC)c(OC)c(OC)c1. The molecular weight excluding hydrogens is 376 g/mol. The number of carbonyl (C=O) groups is 2. The number of ether oxygens (including phenoxy) is 4. The third-order valence-electron chi connectivity index (χ3n) is 4.30. The van der Waals surface area contributed by atoms with Gasteiger partial charge < -0.3 is 29.2 Å². The Morgan fingerprint density at radius 1 is 0.897 bits per heavy atom. The average molecular weight is 402 g/mol. The van der Waals surface area contributed by atoms with Crippen molar-refractivity contribution in [2.75, 3.05) is 46.8 Å². The summed E-state index contributed by atoms with van der Waals surface area (Å²) in [5.41, 5.74) is 0.864. The average Bonchev–Trinajstić information content (AvgIpc) is 2.76. The number of anilines is 1. The van der Waals surface area contributed by atoms with E-state index in [2.05, 4.69) is 5.32 Å². The van der Waals surface area contributed by atoms with Crippen LogP contribution in [0.1, 0.15) is 17.3 Å². The molecular formula is C21H26N2O6. The molecule has 0 aliphatic rings. The van der Waals surface area contributed by atoms with Crippen molar-refractivity contribution < 1.29 is 28.5 Å². The van der Waals surface area contributed by atoms with Crippen molar-refractivity contribution in [3.63, 3.8) is 0 Å². The highest BCUT2D eigenvalue weighted by atomic mass is 16.5. The molecule has 8 heteroatoms. The van der Waals surface area contributed by atoms with Crippen molar-refractivity contribution in [1.29, 1.82) is 0 Å². The lowest BCUT2D eigenvalue weighted by atomic mass is 10.1. The van der Waals surface area contributed by atoms with E-state index in [4.69, 9.17) is 18.9 Å². The van der Waals surface area contributed by atoms with Crippen molar-refractivity contribution in [2.45, 2.75) is 6.92 Å². The molecule has 0 aliphatic heterocycles. The van der Waals surface area contributed by atoms with E-state index in [0.29, 0.717) is 40.8 Å². The third kappa shape index (κ3) is 5.10. The number of rotatable bonds is 9. The summed E-state index contributed by atoms with van der Waals surface area (Å²) in [5.74, 6) is 0.997. The monoisotopic (exact) mass is 402 g/mol. The van der Waals surface area contributed by atoms with Crippen LogP contribution in [0.5, 0.6) is 23.0 Å². The molecule has 2 amide bonds. The number of hydrogen-bond donors (Lipinski definition) is 1. The Balaban J connectivity index is 2.21. The molecule has 2 rings (SSSR count). The van der Waals surface area contributed by atoms with Crippen LogP contribution >= 0.6 is 0 Å². The van der Waals surface area contributed by atoms with E-state index in [0.717, 1.165) is 0 Å². The molecule has 0 saturated heterocycles. The zero-order valence-corrected chi connectivity index (χ0v) is 17.3. The van der Waals surface area contributed by atoms with Crippen LogP contribution < -0.4 is 24.3 Å². The highest BCUT2D eigenvalue weighted by Gasteiger charge is 2.22. The topological polar surface area (TPSA) is 86.3 Å². The minimum absolute atomic E-state index is 0.121. The van der Waals surface area contributed by atoms with Gasteiger partial charge in [0.15, 0.2) is 11.5 Å². The number of benzene rings is 2. The molecule has 1 N–H and O–H groups in total. The molecule has 0 aliphatic carbocycles. The number of likely N-dealkylation sites (N-methyl/N-ethyl adjacent to an activating group) is 1. The summed E-state index contributed by atoms with van der Waals surface area (Å²) in [6.07, 6.45) is 0. The quantitative estimate of drug-likeness (QED) is 0.694.